The predicted molar refractivity (Wildman–Crippen MR) is 89.7 cm³/mol. The number of benzene rings is 1. The molecule has 5 heteroatoms. The van der Waals surface area contributed by atoms with Crippen LogP contribution >= 0.6 is 0 Å². The van der Waals surface area contributed by atoms with Crippen LogP contribution in [-0.2, 0) is 13.0 Å². The average molecular weight is 311 g/mol. The molecule has 0 saturated carbocycles. The molecule has 23 heavy (non-hydrogen) atoms. The first kappa shape index (κ1) is 15.3. The predicted octanol–water partition coefficient (Wildman–Crippen LogP) is 3.14. The molecule has 0 radical (unpaired) electrons. The van der Waals surface area contributed by atoms with Gasteiger partial charge in [0.25, 0.3) is 0 Å². The molecular weight excluding hydrogens is 290 g/mol. The van der Waals surface area contributed by atoms with E-state index >= 15 is 0 Å². The van der Waals surface area contributed by atoms with Gasteiger partial charge >= 0.3 is 6.03 Å². The Labute approximate surface area is 136 Å². The number of anilines is 1. The summed E-state index contributed by atoms with van der Waals surface area (Å²) < 4.78 is 5.38. The molecule has 0 fully saturated rings. The number of pyridine rings is 1. The molecule has 2 aromatic rings. The number of hydrogen-bond donors (Lipinski definition) is 1. The summed E-state index contributed by atoms with van der Waals surface area (Å²) in [5, 5.41) is 2.99. The molecule has 1 aliphatic rings. The van der Waals surface area contributed by atoms with E-state index in [4.69, 9.17) is 4.74 Å². The summed E-state index contributed by atoms with van der Waals surface area (Å²) in [6, 6.07) is 11.9. The highest BCUT2D eigenvalue weighted by Gasteiger charge is 2.30. The Balaban J connectivity index is 1.67. The normalized spacial score (nSPS) is 16.1. The number of fused-ring (bicyclic) bond motifs is 1. The minimum atomic E-state index is -0.0720. The Morgan fingerprint density at radius 2 is 2.22 bits per heavy atom. The molecule has 1 aliphatic heterocycles. The zero-order valence-corrected chi connectivity index (χ0v) is 13.5. The van der Waals surface area contributed by atoms with E-state index in [2.05, 4.69) is 23.3 Å². The highest BCUT2D eigenvalue weighted by Crippen LogP contribution is 2.31. The molecule has 120 valence electrons. The van der Waals surface area contributed by atoms with Crippen LogP contribution in [0.2, 0.25) is 0 Å². The third-order valence-electron chi connectivity index (χ3n) is 3.96. The van der Waals surface area contributed by atoms with Crippen molar-refractivity contribution < 1.29 is 9.53 Å². The van der Waals surface area contributed by atoms with Crippen molar-refractivity contribution in [1.29, 1.82) is 0 Å². The summed E-state index contributed by atoms with van der Waals surface area (Å²) in [6.07, 6.45) is 2.59. The van der Waals surface area contributed by atoms with Crippen LogP contribution in [0.5, 0.6) is 5.88 Å². The van der Waals surface area contributed by atoms with Crippen molar-refractivity contribution in [3.05, 3.63) is 53.7 Å². The topological polar surface area (TPSA) is 54.5 Å². The van der Waals surface area contributed by atoms with E-state index in [1.807, 2.05) is 42.2 Å². The number of rotatable bonds is 4. The van der Waals surface area contributed by atoms with Crippen molar-refractivity contribution in [1.82, 2.24) is 10.3 Å². The Hall–Kier alpha value is -2.56. The first-order valence-electron chi connectivity index (χ1n) is 7.91. The van der Waals surface area contributed by atoms with E-state index in [0.29, 0.717) is 19.0 Å². The number of amides is 2. The van der Waals surface area contributed by atoms with Gasteiger partial charge in [-0.15, -0.1) is 0 Å². The summed E-state index contributed by atoms with van der Waals surface area (Å²) in [5.41, 5.74) is 3.19. The van der Waals surface area contributed by atoms with E-state index in [-0.39, 0.29) is 12.1 Å². The molecule has 1 N–H and O–H groups in total. The number of aromatic nitrogens is 1. The van der Waals surface area contributed by atoms with Crippen molar-refractivity contribution in [2.24, 2.45) is 0 Å². The second-order valence-corrected chi connectivity index (χ2v) is 5.65. The van der Waals surface area contributed by atoms with E-state index in [1.54, 1.807) is 6.20 Å². The van der Waals surface area contributed by atoms with Crippen LogP contribution in [0.3, 0.4) is 0 Å². The van der Waals surface area contributed by atoms with Crippen molar-refractivity contribution in [2.45, 2.75) is 32.9 Å². The number of para-hydroxylation sites is 1. The number of carbonyl (C=O) groups is 1. The van der Waals surface area contributed by atoms with E-state index in [0.717, 1.165) is 17.7 Å². The maximum absolute atomic E-state index is 12.6. The zero-order valence-electron chi connectivity index (χ0n) is 13.5. The van der Waals surface area contributed by atoms with Gasteiger partial charge in [-0.3, -0.25) is 4.90 Å². The van der Waals surface area contributed by atoms with Gasteiger partial charge in [0.1, 0.15) is 0 Å². The summed E-state index contributed by atoms with van der Waals surface area (Å²) >= 11 is 0. The zero-order chi connectivity index (χ0) is 16.2. The average Bonchev–Trinajstić information content (AvgIpc) is 2.89. The SMILES string of the molecule is CCOc1cc(CNC(=O)N2c3ccccc3CC2C)ccn1. The van der Waals surface area contributed by atoms with Crippen LogP contribution in [0, 0.1) is 0 Å². The number of nitrogens with zero attached hydrogens (tertiary/aromatic N) is 2. The summed E-state index contributed by atoms with van der Waals surface area (Å²) in [6.45, 7) is 5.01. The van der Waals surface area contributed by atoms with Gasteiger partial charge in [-0.05, 0) is 43.5 Å². The van der Waals surface area contributed by atoms with Crippen molar-refractivity contribution in [3.63, 3.8) is 0 Å². The van der Waals surface area contributed by atoms with Gasteiger partial charge in [0.05, 0.1) is 6.61 Å². The molecule has 2 heterocycles. The largest absolute Gasteiger partial charge is 0.478 e. The van der Waals surface area contributed by atoms with Crippen LogP contribution in [0.1, 0.15) is 25.0 Å². The van der Waals surface area contributed by atoms with Crippen LogP contribution in [0.4, 0.5) is 10.5 Å². The quantitative estimate of drug-likeness (QED) is 0.944. The van der Waals surface area contributed by atoms with Gasteiger partial charge in [-0.2, -0.15) is 0 Å². The van der Waals surface area contributed by atoms with Crippen LogP contribution in [-0.4, -0.2) is 23.7 Å². The lowest BCUT2D eigenvalue weighted by atomic mass is 10.1. The third-order valence-corrected chi connectivity index (χ3v) is 3.96. The lowest BCUT2D eigenvalue weighted by molar-refractivity contribution is 0.244. The van der Waals surface area contributed by atoms with Gasteiger partial charge in [0, 0.05) is 30.5 Å². The molecule has 0 aliphatic carbocycles. The summed E-state index contributed by atoms with van der Waals surface area (Å²) in [5.74, 6) is 0.583. The number of nitrogens with one attached hydrogen (secondary N) is 1. The second-order valence-electron chi connectivity index (χ2n) is 5.65. The van der Waals surface area contributed by atoms with Gasteiger partial charge < -0.3 is 10.1 Å². The second kappa shape index (κ2) is 6.69. The van der Waals surface area contributed by atoms with Crippen LogP contribution in [0.15, 0.2) is 42.6 Å². The first-order chi connectivity index (χ1) is 11.2. The highest BCUT2D eigenvalue weighted by molar-refractivity contribution is 5.94. The number of hydrogen-bond acceptors (Lipinski definition) is 3. The number of ether oxygens (including phenoxy) is 1. The third kappa shape index (κ3) is 3.28. The first-order valence-corrected chi connectivity index (χ1v) is 7.91. The standard InChI is InChI=1S/C18H21N3O2/c1-3-23-17-11-14(8-9-19-17)12-20-18(22)21-13(2)10-15-6-4-5-7-16(15)21/h4-9,11,13H,3,10,12H2,1-2H3,(H,20,22). The molecule has 0 bridgehead atoms. The lowest BCUT2D eigenvalue weighted by Crippen LogP contribution is -2.42. The van der Waals surface area contributed by atoms with E-state index in [9.17, 15) is 4.79 Å². The minimum absolute atomic E-state index is 0.0720. The Kier molecular flexibility index (Phi) is 4.46. The fraction of sp³-hybridized carbons (Fsp3) is 0.333. The van der Waals surface area contributed by atoms with Crippen LogP contribution in [0.25, 0.3) is 0 Å². The van der Waals surface area contributed by atoms with E-state index < -0.39 is 0 Å². The lowest BCUT2D eigenvalue weighted by Gasteiger charge is -2.23. The summed E-state index contributed by atoms with van der Waals surface area (Å²) in [7, 11) is 0. The molecular formula is C18H21N3O2. The van der Waals surface area contributed by atoms with Crippen molar-refractivity contribution in [3.8, 4) is 5.88 Å². The van der Waals surface area contributed by atoms with Crippen molar-refractivity contribution >= 4 is 11.7 Å². The maximum atomic E-state index is 12.6. The molecule has 2 amide bonds. The molecule has 5 nitrogen and oxygen atoms in total. The fourth-order valence-corrected chi connectivity index (χ4v) is 2.93. The van der Waals surface area contributed by atoms with Gasteiger partial charge in [-0.25, -0.2) is 9.78 Å². The minimum Gasteiger partial charge on any atom is -0.478 e. The Morgan fingerprint density at radius 1 is 1.39 bits per heavy atom. The molecule has 3 rings (SSSR count). The smallest absolute Gasteiger partial charge is 0.322 e. The van der Waals surface area contributed by atoms with Gasteiger partial charge in [-0.1, -0.05) is 18.2 Å². The molecule has 0 spiro atoms. The number of urea groups is 1. The monoisotopic (exact) mass is 311 g/mol. The molecule has 1 atom stereocenters. The van der Waals surface area contributed by atoms with Crippen molar-refractivity contribution in [2.75, 3.05) is 11.5 Å². The fourth-order valence-electron chi connectivity index (χ4n) is 2.93. The highest BCUT2D eigenvalue weighted by atomic mass is 16.5. The molecule has 1 unspecified atom stereocenters. The Bertz CT molecular complexity index is 702. The van der Waals surface area contributed by atoms with E-state index in [1.165, 1.54) is 5.56 Å². The van der Waals surface area contributed by atoms with Crippen LogP contribution < -0.4 is 15.0 Å². The Morgan fingerprint density at radius 3 is 3.04 bits per heavy atom. The molecule has 1 aromatic carbocycles. The molecule has 1 aromatic heterocycles. The summed E-state index contributed by atoms with van der Waals surface area (Å²) in [4.78, 5) is 18.5. The number of carbonyl (C=O) groups excluding carboxylic acids is 1. The van der Waals surface area contributed by atoms with Gasteiger partial charge in [0.15, 0.2) is 0 Å². The maximum Gasteiger partial charge on any atom is 0.322 e. The van der Waals surface area contributed by atoms with Gasteiger partial charge in [0.2, 0.25) is 5.88 Å². The molecule has 0 saturated heterocycles.